The van der Waals surface area contributed by atoms with E-state index >= 15 is 0 Å². The van der Waals surface area contributed by atoms with Gasteiger partial charge in [0, 0.05) is 29.2 Å². The highest BCUT2D eigenvalue weighted by Gasteiger charge is 2.59. The molecule has 1 heterocycles. The monoisotopic (exact) mass is 464 g/mol. The number of amides is 1. The largest absolute Gasteiger partial charge is 0.481 e. The second-order valence-corrected chi connectivity index (χ2v) is 7.33. The van der Waals surface area contributed by atoms with Crippen molar-refractivity contribution in [2.24, 2.45) is 0 Å². The number of pyridine rings is 1. The first-order valence-corrected chi connectivity index (χ1v) is 9.34. The summed E-state index contributed by atoms with van der Waals surface area (Å²) in [6.07, 6.45) is -4.66. The molecule has 0 aliphatic heterocycles. The molecule has 0 saturated heterocycles. The minimum absolute atomic E-state index is 0.0204. The van der Waals surface area contributed by atoms with Crippen LogP contribution in [0.1, 0.15) is 36.8 Å². The summed E-state index contributed by atoms with van der Waals surface area (Å²) in [6, 6.07) is 5.73. The van der Waals surface area contributed by atoms with E-state index in [9.17, 15) is 27.9 Å². The zero-order valence-electron chi connectivity index (χ0n) is 15.5. The first-order valence-electron chi connectivity index (χ1n) is 8.58. The van der Waals surface area contributed by atoms with Crippen LogP contribution in [0.3, 0.4) is 0 Å². The topological polar surface area (TPSA) is 99.5 Å². The molecule has 2 aromatic rings. The van der Waals surface area contributed by atoms with Crippen LogP contribution in [0, 0.1) is 0 Å². The molecule has 0 spiro atoms. The van der Waals surface area contributed by atoms with Gasteiger partial charge < -0.3 is 15.5 Å². The van der Waals surface area contributed by atoms with Gasteiger partial charge in [-0.2, -0.15) is 13.2 Å². The molecule has 1 aromatic heterocycles. The molecule has 2 atom stereocenters. The fourth-order valence-corrected chi connectivity index (χ4v) is 3.44. The summed E-state index contributed by atoms with van der Waals surface area (Å²) >= 11 is 11.9. The van der Waals surface area contributed by atoms with Gasteiger partial charge in [-0.1, -0.05) is 36.2 Å². The van der Waals surface area contributed by atoms with E-state index < -0.39 is 35.1 Å². The van der Waals surface area contributed by atoms with E-state index in [4.69, 9.17) is 28.3 Å². The van der Waals surface area contributed by atoms with Gasteiger partial charge in [-0.05, 0) is 35.4 Å². The highest BCUT2D eigenvalue weighted by atomic mass is 35.5. The predicted molar refractivity (Wildman–Crippen MR) is 105 cm³/mol. The Balaban J connectivity index is 2.36. The molecule has 6 nitrogen and oxygen atoms in total. The molecule has 162 valence electrons. The van der Waals surface area contributed by atoms with Gasteiger partial charge in [-0.25, -0.2) is 4.98 Å². The summed E-state index contributed by atoms with van der Waals surface area (Å²) in [5.41, 5.74) is -3.65. The zero-order chi connectivity index (χ0) is 22.7. The Morgan fingerprint density at radius 3 is 2.37 bits per heavy atom. The molecule has 11 heteroatoms. The van der Waals surface area contributed by atoms with E-state index in [0.717, 1.165) is 25.3 Å². The maximum absolute atomic E-state index is 13.9. The molecule has 0 aliphatic rings. The summed E-state index contributed by atoms with van der Waals surface area (Å²) in [5, 5.41) is 21.4. The van der Waals surface area contributed by atoms with Crippen LogP contribution in [0.5, 0.6) is 0 Å². The second-order valence-electron chi connectivity index (χ2n) is 6.53. The lowest BCUT2D eigenvalue weighted by molar-refractivity contribution is -0.274. The molecule has 0 radical (unpaired) electrons. The van der Waals surface area contributed by atoms with Crippen LogP contribution < -0.4 is 5.32 Å². The molecule has 0 bridgehead atoms. The average Bonchev–Trinajstić information content (AvgIpc) is 2.64. The van der Waals surface area contributed by atoms with E-state index in [-0.39, 0.29) is 34.3 Å². The number of carbonyl (C=O) groups excluding carboxylic acids is 1. The average molecular weight is 465 g/mol. The van der Waals surface area contributed by atoms with E-state index in [0.29, 0.717) is 0 Å². The first kappa shape index (κ1) is 23.9. The molecular weight excluding hydrogens is 448 g/mol. The van der Waals surface area contributed by atoms with Crippen molar-refractivity contribution >= 4 is 40.8 Å². The summed E-state index contributed by atoms with van der Waals surface area (Å²) < 4.78 is 41.8. The molecule has 1 aromatic carbocycles. The smallest absolute Gasteiger partial charge is 0.422 e. The molecule has 2 unspecified atom stereocenters. The van der Waals surface area contributed by atoms with E-state index in [1.165, 1.54) is 18.2 Å². The molecule has 0 saturated carbocycles. The van der Waals surface area contributed by atoms with Crippen LogP contribution in [0.2, 0.25) is 10.2 Å². The molecule has 1 amide bonds. The highest BCUT2D eigenvalue weighted by Crippen LogP contribution is 2.50. The predicted octanol–water partition coefficient (Wildman–Crippen LogP) is 4.75. The number of carbonyl (C=O) groups is 2. The van der Waals surface area contributed by atoms with Gasteiger partial charge in [0.1, 0.15) is 5.15 Å². The number of aliphatic hydroxyl groups is 1. The maximum Gasteiger partial charge on any atom is 0.422 e. The Hall–Kier alpha value is -2.36. The van der Waals surface area contributed by atoms with E-state index in [1.807, 2.05) is 0 Å². The number of anilines is 1. The van der Waals surface area contributed by atoms with Crippen molar-refractivity contribution in [1.82, 2.24) is 4.98 Å². The number of carboxylic acid groups (broad SMARTS) is 1. The summed E-state index contributed by atoms with van der Waals surface area (Å²) in [7, 11) is 0. The van der Waals surface area contributed by atoms with Gasteiger partial charge >= 0.3 is 12.1 Å². The van der Waals surface area contributed by atoms with Gasteiger partial charge in [-0.3, -0.25) is 9.59 Å². The van der Waals surface area contributed by atoms with E-state index in [2.05, 4.69) is 10.3 Å². The number of aliphatic carboxylic acids is 1. The lowest BCUT2D eigenvalue weighted by Gasteiger charge is -2.37. The van der Waals surface area contributed by atoms with Gasteiger partial charge in [0.05, 0.1) is 6.42 Å². The van der Waals surface area contributed by atoms with Crippen LogP contribution in [-0.2, 0) is 15.2 Å². The number of nitrogens with one attached hydrogen (secondary N) is 1. The number of hydrogen-bond donors (Lipinski definition) is 3. The van der Waals surface area contributed by atoms with Crippen molar-refractivity contribution in [1.29, 1.82) is 0 Å². The normalized spacial score (nSPS) is 14.6. The van der Waals surface area contributed by atoms with Crippen LogP contribution in [0.25, 0.3) is 0 Å². The van der Waals surface area contributed by atoms with Crippen molar-refractivity contribution in [3.8, 4) is 0 Å². The van der Waals surface area contributed by atoms with Crippen LogP contribution in [0.4, 0.5) is 18.9 Å². The van der Waals surface area contributed by atoms with Crippen molar-refractivity contribution in [3.05, 3.63) is 57.8 Å². The lowest BCUT2D eigenvalue weighted by Crippen LogP contribution is -2.46. The number of alkyl halides is 3. The molecule has 3 N–H and O–H groups in total. The van der Waals surface area contributed by atoms with Crippen molar-refractivity contribution in [2.75, 3.05) is 5.32 Å². The SMILES string of the molecule is CC(c1ccc(NC(=O)CCC(=O)O)cc1Cl)C(O)(c1ccnc(Cl)c1)C(F)(F)F. The molecule has 30 heavy (non-hydrogen) atoms. The third kappa shape index (κ3) is 5.21. The molecule has 2 rings (SSSR count). The second kappa shape index (κ2) is 9.20. The third-order valence-electron chi connectivity index (χ3n) is 4.54. The van der Waals surface area contributed by atoms with Gasteiger partial charge in [0.25, 0.3) is 0 Å². The highest BCUT2D eigenvalue weighted by molar-refractivity contribution is 6.31. The van der Waals surface area contributed by atoms with Gasteiger partial charge in [0.15, 0.2) is 5.60 Å². The Bertz CT molecular complexity index is 956. The first-order chi connectivity index (χ1) is 13.9. The molecule has 0 fully saturated rings. The van der Waals surface area contributed by atoms with Crippen molar-refractivity contribution < 1.29 is 33.0 Å². The number of benzene rings is 1. The number of rotatable bonds is 7. The summed E-state index contributed by atoms with van der Waals surface area (Å²) in [4.78, 5) is 25.9. The fourth-order valence-electron chi connectivity index (χ4n) is 2.92. The van der Waals surface area contributed by atoms with Gasteiger partial charge in [-0.15, -0.1) is 0 Å². The summed E-state index contributed by atoms with van der Waals surface area (Å²) in [6.45, 7) is 1.16. The van der Waals surface area contributed by atoms with Crippen LogP contribution in [0.15, 0.2) is 36.5 Å². The van der Waals surface area contributed by atoms with Gasteiger partial charge in [0.2, 0.25) is 5.91 Å². The maximum atomic E-state index is 13.9. The minimum atomic E-state index is -5.07. The number of nitrogens with zero attached hydrogens (tertiary/aromatic N) is 1. The Morgan fingerprint density at radius 1 is 1.17 bits per heavy atom. The van der Waals surface area contributed by atoms with Crippen LogP contribution >= 0.6 is 23.2 Å². The van der Waals surface area contributed by atoms with Crippen LogP contribution in [-0.4, -0.2) is 33.2 Å². The summed E-state index contributed by atoms with van der Waals surface area (Å²) in [5.74, 6) is -3.28. The number of aromatic nitrogens is 1. The Kier molecular flexibility index (Phi) is 7.33. The Labute approximate surface area is 179 Å². The third-order valence-corrected chi connectivity index (χ3v) is 5.08. The number of carboxylic acids is 1. The lowest BCUT2D eigenvalue weighted by atomic mass is 9.78. The van der Waals surface area contributed by atoms with Crippen molar-refractivity contribution in [2.45, 2.75) is 37.5 Å². The van der Waals surface area contributed by atoms with Crippen molar-refractivity contribution in [3.63, 3.8) is 0 Å². The standard InChI is InChI=1S/C19H17Cl2F3N2O4/c1-10(18(30,19(22,23)24)11-6-7-25-15(21)8-11)13-3-2-12(9-14(13)20)26-16(27)4-5-17(28)29/h2-3,6-10,30H,4-5H2,1H3,(H,26,27)(H,28,29). The zero-order valence-corrected chi connectivity index (χ0v) is 17.0. The Morgan fingerprint density at radius 2 is 1.83 bits per heavy atom. The molecular formula is C19H17Cl2F3N2O4. The molecule has 0 aliphatic carbocycles. The number of halogens is 5. The quantitative estimate of drug-likeness (QED) is 0.513. The minimum Gasteiger partial charge on any atom is -0.481 e. The van der Waals surface area contributed by atoms with E-state index in [1.54, 1.807) is 0 Å². The fraction of sp³-hybridized carbons (Fsp3) is 0.316. The number of hydrogen-bond acceptors (Lipinski definition) is 4.